The van der Waals surface area contributed by atoms with Gasteiger partial charge in [-0.25, -0.2) is 9.37 Å². The van der Waals surface area contributed by atoms with Gasteiger partial charge in [0.1, 0.15) is 16.9 Å². The molecule has 156 valence electrons. The number of nitrogens with zero attached hydrogens (tertiary/aromatic N) is 2. The van der Waals surface area contributed by atoms with Crippen LogP contribution < -0.4 is 5.32 Å². The van der Waals surface area contributed by atoms with Crippen molar-refractivity contribution >= 4 is 23.4 Å². The number of halogens is 1. The van der Waals surface area contributed by atoms with Gasteiger partial charge in [0, 0.05) is 11.4 Å². The SMILES string of the molecule is CC(Sc1nc2c(cc1C#N)CC(c1ccccc1)CC2)C(=O)Nc1ccc(F)cc1. The van der Waals surface area contributed by atoms with Crippen LogP contribution in [-0.4, -0.2) is 16.1 Å². The van der Waals surface area contributed by atoms with Gasteiger partial charge in [0.05, 0.1) is 10.8 Å². The second-order valence-electron chi connectivity index (χ2n) is 7.67. The minimum atomic E-state index is -0.455. The van der Waals surface area contributed by atoms with Gasteiger partial charge in [-0.05, 0) is 73.6 Å². The molecule has 1 heterocycles. The van der Waals surface area contributed by atoms with E-state index < -0.39 is 5.25 Å². The van der Waals surface area contributed by atoms with Crippen LogP contribution in [0.4, 0.5) is 10.1 Å². The highest BCUT2D eigenvalue weighted by Gasteiger charge is 2.24. The number of aromatic nitrogens is 1. The van der Waals surface area contributed by atoms with Crippen LogP contribution in [0.25, 0.3) is 0 Å². The Morgan fingerprint density at radius 3 is 2.68 bits per heavy atom. The summed E-state index contributed by atoms with van der Waals surface area (Å²) in [5.41, 5.74) is 4.48. The summed E-state index contributed by atoms with van der Waals surface area (Å²) >= 11 is 1.28. The first-order valence-corrected chi connectivity index (χ1v) is 11.1. The number of anilines is 1. The Morgan fingerprint density at radius 1 is 1.23 bits per heavy atom. The molecule has 4 nitrogen and oxygen atoms in total. The van der Waals surface area contributed by atoms with Crippen LogP contribution in [0.1, 0.15) is 41.6 Å². The smallest absolute Gasteiger partial charge is 0.237 e. The van der Waals surface area contributed by atoms with Crippen molar-refractivity contribution in [2.75, 3.05) is 5.32 Å². The predicted octanol–water partition coefficient (Wildman–Crippen LogP) is 5.48. The van der Waals surface area contributed by atoms with Gasteiger partial charge in [0.15, 0.2) is 0 Å². The molecule has 1 N–H and O–H groups in total. The molecule has 0 fully saturated rings. The molecule has 4 rings (SSSR count). The van der Waals surface area contributed by atoms with Gasteiger partial charge in [0.2, 0.25) is 5.91 Å². The van der Waals surface area contributed by atoms with Gasteiger partial charge in [0.25, 0.3) is 0 Å². The van der Waals surface area contributed by atoms with Crippen molar-refractivity contribution < 1.29 is 9.18 Å². The van der Waals surface area contributed by atoms with Crippen molar-refractivity contribution in [1.82, 2.24) is 4.98 Å². The molecule has 6 heteroatoms. The molecular formula is C25H22FN3OS. The Bertz CT molecular complexity index is 1130. The van der Waals surface area contributed by atoms with Crippen LogP contribution in [0, 0.1) is 17.1 Å². The van der Waals surface area contributed by atoms with Gasteiger partial charge < -0.3 is 5.32 Å². The normalized spacial score (nSPS) is 16.1. The maximum atomic E-state index is 13.1. The van der Waals surface area contributed by atoms with Crippen molar-refractivity contribution in [3.05, 3.63) is 88.9 Å². The number of fused-ring (bicyclic) bond motifs is 1. The monoisotopic (exact) mass is 431 g/mol. The number of amides is 1. The molecule has 0 saturated carbocycles. The van der Waals surface area contributed by atoms with E-state index >= 15 is 0 Å². The third-order valence-corrected chi connectivity index (χ3v) is 6.61. The van der Waals surface area contributed by atoms with E-state index in [1.165, 1.54) is 41.6 Å². The maximum Gasteiger partial charge on any atom is 0.237 e. The Labute approximate surface area is 185 Å². The largest absolute Gasteiger partial charge is 0.325 e. The molecule has 2 aromatic carbocycles. The van der Waals surface area contributed by atoms with Crippen LogP contribution in [0.5, 0.6) is 0 Å². The van der Waals surface area contributed by atoms with E-state index in [1.54, 1.807) is 6.92 Å². The summed E-state index contributed by atoms with van der Waals surface area (Å²) in [4.78, 5) is 17.3. The Hall–Kier alpha value is -3.17. The van der Waals surface area contributed by atoms with E-state index in [9.17, 15) is 14.4 Å². The van der Waals surface area contributed by atoms with E-state index in [4.69, 9.17) is 4.98 Å². The van der Waals surface area contributed by atoms with Crippen LogP contribution in [0.2, 0.25) is 0 Å². The van der Waals surface area contributed by atoms with Gasteiger partial charge in [-0.15, -0.1) is 0 Å². The molecular weight excluding hydrogens is 409 g/mol. The third-order valence-electron chi connectivity index (χ3n) is 5.51. The second-order valence-corrected chi connectivity index (χ2v) is 8.99. The molecule has 0 saturated heterocycles. The molecule has 1 aliphatic carbocycles. The zero-order valence-corrected chi connectivity index (χ0v) is 18.0. The van der Waals surface area contributed by atoms with E-state index in [1.807, 2.05) is 12.1 Å². The summed E-state index contributed by atoms with van der Waals surface area (Å²) in [5, 5.41) is 12.6. The van der Waals surface area contributed by atoms with Gasteiger partial charge in [-0.1, -0.05) is 42.1 Å². The minimum Gasteiger partial charge on any atom is -0.325 e. The van der Waals surface area contributed by atoms with Crippen molar-refractivity contribution in [3.63, 3.8) is 0 Å². The van der Waals surface area contributed by atoms with Crippen molar-refractivity contribution in [1.29, 1.82) is 5.26 Å². The highest BCUT2D eigenvalue weighted by atomic mass is 32.2. The van der Waals surface area contributed by atoms with E-state index in [0.717, 1.165) is 30.5 Å². The Kier molecular flexibility index (Phi) is 6.34. The highest BCUT2D eigenvalue weighted by molar-refractivity contribution is 8.00. The first-order valence-electron chi connectivity index (χ1n) is 10.2. The number of rotatable bonds is 5. The lowest BCUT2D eigenvalue weighted by Gasteiger charge is -2.25. The fraction of sp³-hybridized carbons (Fsp3) is 0.240. The second kappa shape index (κ2) is 9.32. The van der Waals surface area contributed by atoms with Crippen molar-refractivity contribution in [2.24, 2.45) is 0 Å². The van der Waals surface area contributed by atoms with Crippen molar-refractivity contribution in [3.8, 4) is 6.07 Å². The lowest BCUT2D eigenvalue weighted by Crippen LogP contribution is -2.23. The summed E-state index contributed by atoms with van der Waals surface area (Å²) in [5.74, 6) is -0.142. The highest BCUT2D eigenvalue weighted by Crippen LogP contribution is 2.35. The van der Waals surface area contributed by atoms with Crippen LogP contribution >= 0.6 is 11.8 Å². The van der Waals surface area contributed by atoms with E-state index in [0.29, 0.717) is 22.2 Å². The molecule has 0 spiro atoms. The first kappa shape index (κ1) is 21.1. The lowest BCUT2D eigenvalue weighted by molar-refractivity contribution is -0.115. The molecule has 1 aromatic heterocycles. The minimum absolute atomic E-state index is 0.218. The first-order chi connectivity index (χ1) is 15.0. The quantitative estimate of drug-likeness (QED) is 0.543. The molecule has 0 aliphatic heterocycles. The number of pyridine rings is 1. The number of nitrogens with one attached hydrogen (secondary N) is 1. The molecule has 0 radical (unpaired) electrons. The van der Waals surface area contributed by atoms with Crippen LogP contribution in [0.15, 0.2) is 65.7 Å². The number of carbonyl (C=O) groups excluding carboxylic acids is 1. The van der Waals surface area contributed by atoms with Gasteiger partial charge >= 0.3 is 0 Å². The third kappa shape index (κ3) is 4.95. The summed E-state index contributed by atoms with van der Waals surface area (Å²) in [6, 6.07) is 20.3. The Morgan fingerprint density at radius 2 is 1.97 bits per heavy atom. The summed E-state index contributed by atoms with van der Waals surface area (Å²) in [7, 11) is 0. The topological polar surface area (TPSA) is 65.8 Å². The number of aryl methyl sites for hydroxylation is 1. The number of hydrogen-bond donors (Lipinski definition) is 1. The molecule has 31 heavy (non-hydrogen) atoms. The molecule has 1 aliphatic rings. The fourth-order valence-corrected chi connectivity index (χ4v) is 4.72. The van der Waals surface area contributed by atoms with E-state index in [-0.39, 0.29) is 11.7 Å². The summed E-state index contributed by atoms with van der Waals surface area (Å²) in [6.07, 6.45) is 2.73. The maximum absolute atomic E-state index is 13.1. The average Bonchev–Trinajstić information content (AvgIpc) is 2.80. The van der Waals surface area contributed by atoms with E-state index in [2.05, 4.69) is 35.7 Å². The standard InChI is InChI=1S/C25H22FN3OS/c1-16(24(30)28-22-10-8-21(26)9-11-22)31-25-20(15-27)14-19-13-18(7-12-23(19)29-25)17-5-3-2-4-6-17/h2-6,8-11,14,16,18H,7,12-13H2,1H3,(H,28,30). The fourth-order valence-electron chi connectivity index (χ4n) is 3.82. The number of thioether (sulfide) groups is 1. The number of benzene rings is 2. The molecule has 2 atom stereocenters. The summed E-state index contributed by atoms with van der Waals surface area (Å²) < 4.78 is 13.1. The lowest BCUT2D eigenvalue weighted by atomic mass is 9.82. The van der Waals surface area contributed by atoms with Gasteiger partial charge in [-0.2, -0.15) is 5.26 Å². The number of carbonyl (C=O) groups is 1. The number of nitriles is 1. The number of hydrogen-bond acceptors (Lipinski definition) is 4. The van der Waals surface area contributed by atoms with Gasteiger partial charge in [-0.3, -0.25) is 4.79 Å². The average molecular weight is 432 g/mol. The molecule has 2 unspecified atom stereocenters. The van der Waals surface area contributed by atoms with Crippen LogP contribution in [-0.2, 0) is 17.6 Å². The Balaban J connectivity index is 1.48. The predicted molar refractivity (Wildman–Crippen MR) is 121 cm³/mol. The molecule has 0 bridgehead atoms. The zero-order valence-electron chi connectivity index (χ0n) is 17.1. The van der Waals surface area contributed by atoms with Crippen molar-refractivity contribution in [2.45, 2.75) is 42.4 Å². The molecule has 1 amide bonds. The molecule has 3 aromatic rings. The van der Waals surface area contributed by atoms with Crippen LogP contribution in [0.3, 0.4) is 0 Å². The summed E-state index contributed by atoms with van der Waals surface area (Å²) in [6.45, 7) is 1.78. The zero-order chi connectivity index (χ0) is 21.8.